The molecule has 1 unspecified atom stereocenters. The summed E-state index contributed by atoms with van der Waals surface area (Å²) in [7, 11) is -3.99. The van der Waals surface area contributed by atoms with Crippen LogP contribution < -0.4 is 5.32 Å². The quantitative estimate of drug-likeness (QED) is 0.385. The lowest BCUT2D eigenvalue weighted by atomic mass is 9.97. The Morgan fingerprint density at radius 3 is 2.42 bits per heavy atom. The van der Waals surface area contributed by atoms with Crippen molar-refractivity contribution in [2.75, 3.05) is 46.0 Å². The van der Waals surface area contributed by atoms with Crippen molar-refractivity contribution in [3.8, 4) is 0 Å². The fourth-order valence-corrected chi connectivity index (χ4v) is 6.06. The summed E-state index contributed by atoms with van der Waals surface area (Å²) in [5.74, 6) is -1.02. The highest BCUT2D eigenvalue weighted by Gasteiger charge is 2.40. The highest BCUT2D eigenvalue weighted by molar-refractivity contribution is 7.89. The Balaban J connectivity index is 1.74. The molecule has 0 radical (unpaired) electrons. The van der Waals surface area contributed by atoms with Crippen LogP contribution in [0.1, 0.15) is 18.1 Å². The minimum Gasteiger partial charge on any atom is -0.463 e. The fourth-order valence-electron chi connectivity index (χ4n) is 4.53. The van der Waals surface area contributed by atoms with Gasteiger partial charge in [-0.3, -0.25) is 9.69 Å². The first-order chi connectivity index (χ1) is 18.3. The number of carbonyl (C=O) groups is 2. The number of nitrogens with zero attached hydrogens (tertiary/aromatic N) is 2. The van der Waals surface area contributed by atoms with Crippen LogP contribution in [0, 0.1) is 6.92 Å². The van der Waals surface area contributed by atoms with E-state index in [1.807, 2.05) is 48.2 Å². The molecule has 10 heteroatoms. The molecule has 2 aromatic carbocycles. The number of rotatable bonds is 9. The number of hydrogen-bond acceptors (Lipinski definition) is 7. The molecule has 1 amide bonds. The van der Waals surface area contributed by atoms with Crippen molar-refractivity contribution >= 4 is 27.5 Å². The van der Waals surface area contributed by atoms with E-state index in [2.05, 4.69) is 5.32 Å². The molecule has 0 bridgehead atoms. The third kappa shape index (κ3) is 6.57. The van der Waals surface area contributed by atoms with Crippen LogP contribution in [0.5, 0.6) is 0 Å². The van der Waals surface area contributed by atoms with E-state index < -0.39 is 22.0 Å². The van der Waals surface area contributed by atoms with Crippen LogP contribution in [0.25, 0.3) is 5.57 Å². The van der Waals surface area contributed by atoms with Crippen LogP contribution in [-0.2, 0) is 29.1 Å². The third-order valence-corrected chi connectivity index (χ3v) is 8.26. The number of aryl methyl sites for hydroxylation is 1. The normalized spacial score (nSPS) is 19.2. The van der Waals surface area contributed by atoms with Crippen LogP contribution in [0.2, 0.25) is 0 Å². The molecular weight excluding hydrogens is 506 g/mol. The van der Waals surface area contributed by atoms with Gasteiger partial charge in [0.1, 0.15) is 0 Å². The number of carbonyl (C=O) groups excluding carboxylic acids is 2. The minimum atomic E-state index is -3.99. The van der Waals surface area contributed by atoms with Gasteiger partial charge in [0, 0.05) is 31.4 Å². The predicted octanol–water partition coefficient (Wildman–Crippen LogP) is 2.35. The molecule has 0 saturated carbocycles. The fraction of sp³-hybridized carbons (Fsp3) is 0.357. The van der Waals surface area contributed by atoms with Crippen molar-refractivity contribution in [2.45, 2.75) is 24.8 Å². The molecule has 0 spiro atoms. The lowest BCUT2D eigenvalue weighted by molar-refractivity contribution is -0.137. The average Bonchev–Trinajstić information content (AvgIpc) is 3.36. The summed E-state index contributed by atoms with van der Waals surface area (Å²) in [6.07, 6.45) is 3.00. The van der Waals surface area contributed by atoms with Gasteiger partial charge in [0.05, 0.1) is 37.3 Å². The van der Waals surface area contributed by atoms with E-state index in [4.69, 9.17) is 9.47 Å². The molecule has 38 heavy (non-hydrogen) atoms. The molecule has 4 rings (SSSR count). The first kappa shape index (κ1) is 27.7. The zero-order chi connectivity index (χ0) is 27.1. The maximum absolute atomic E-state index is 13.9. The Bertz CT molecular complexity index is 1300. The molecule has 2 heterocycles. The van der Waals surface area contributed by atoms with Gasteiger partial charge in [-0.25, -0.2) is 13.2 Å². The standard InChI is InChI=1S/C28H33N3O6S/c1-3-37-27(33)19-25(29-26(32)20-30-15-17-36-18-16-30)28-24(22-7-5-4-6-8-22)13-14-31(28)38(34,35)23-11-9-21(2)10-12-23/h4-13,19,28H,3,14-18,20H2,1-2H3,(H,29,32)/b25-19-. The first-order valence-electron chi connectivity index (χ1n) is 12.6. The van der Waals surface area contributed by atoms with Gasteiger partial charge in [-0.2, -0.15) is 4.31 Å². The van der Waals surface area contributed by atoms with Gasteiger partial charge in [-0.05, 0) is 37.1 Å². The largest absolute Gasteiger partial charge is 0.463 e. The van der Waals surface area contributed by atoms with Crippen LogP contribution in [0.15, 0.2) is 77.3 Å². The van der Waals surface area contributed by atoms with Crippen molar-refractivity contribution in [1.82, 2.24) is 14.5 Å². The van der Waals surface area contributed by atoms with Gasteiger partial charge in [-0.15, -0.1) is 0 Å². The number of morpholine rings is 1. The number of ether oxygens (including phenoxy) is 2. The Kier molecular flexibility index (Phi) is 9.11. The summed E-state index contributed by atoms with van der Waals surface area (Å²) in [5, 5.41) is 2.85. The minimum absolute atomic E-state index is 0.0740. The highest BCUT2D eigenvalue weighted by atomic mass is 32.2. The number of sulfonamides is 1. The van der Waals surface area contributed by atoms with Crippen LogP contribution in [0.3, 0.4) is 0 Å². The maximum Gasteiger partial charge on any atom is 0.332 e. The molecule has 0 aromatic heterocycles. The van der Waals surface area contributed by atoms with Crippen LogP contribution >= 0.6 is 0 Å². The summed E-state index contributed by atoms with van der Waals surface area (Å²) in [5.41, 5.74) is 2.54. The third-order valence-electron chi connectivity index (χ3n) is 6.42. The molecule has 9 nitrogen and oxygen atoms in total. The van der Waals surface area contributed by atoms with Gasteiger partial charge in [-0.1, -0.05) is 54.1 Å². The summed E-state index contributed by atoms with van der Waals surface area (Å²) < 4.78 is 39.5. The van der Waals surface area contributed by atoms with Crippen molar-refractivity contribution in [2.24, 2.45) is 0 Å². The van der Waals surface area contributed by atoms with Crippen molar-refractivity contribution in [3.63, 3.8) is 0 Å². The number of nitrogens with one attached hydrogen (secondary N) is 1. The van der Waals surface area contributed by atoms with E-state index >= 15 is 0 Å². The molecule has 1 atom stereocenters. The first-order valence-corrected chi connectivity index (χ1v) is 14.1. The number of hydrogen-bond donors (Lipinski definition) is 1. The van der Waals surface area contributed by atoms with Crippen LogP contribution in [-0.4, -0.2) is 81.5 Å². The molecule has 0 aliphatic carbocycles. The Labute approximate surface area is 223 Å². The summed E-state index contributed by atoms with van der Waals surface area (Å²) in [4.78, 5) is 27.9. The van der Waals surface area contributed by atoms with Gasteiger partial charge in [0.25, 0.3) is 0 Å². The Morgan fingerprint density at radius 1 is 1.08 bits per heavy atom. The van der Waals surface area contributed by atoms with E-state index in [-0.39, 0.29) is 36.2 Å². The summed E-state index contributed by atoms with van der Waals surface area (Å²) in [6, 6.07) is 15.0. The Morgan fingerprint density at radius 2 is 1.76 bits per heavy atom. The molecule has 2 aliphatic heterocycles. The van der Waals surface area contributed by atoms with Crippen molar-refractivity contribution in [1.29, 1.82) is 0 Å². The molecule has 1 saturated heterocycles. The molecule has 2 aromatic rings. The van der Waals surface area contributed by atoms with Gasteiger partial charge < -0.3 is 14.8 Å². The average molecular weight is 540 g/mol. The van der Waals surface area contributed by atoms with Gasteiger partial charge >= 0.3 is 5.97 Å². The predicted molar refractivity (Wildman–Crippen MR) is 143 cm³/mol. The van der Waals surface area contributed by atoms with E-state index in [1.54, 1.807) is 31.2 Å². The van der Waals surface area contributed by atoms with E-state index in [1.165, 1.54) is 10.4 Å². The highest BCUT2D eigenvalue weighted by Crippen LogP contribution is 2.35. The molecule has 1 N–H and O–H groups in total. The lowest BCUT2D eigenvalue weighted by Gasteiger charge is -2.30. The van der Waals surface area contributed by atoms with Crippen LogP contribution in [0.4, 0.5) is 0 Å². The lowest BCUT2D eigenvalue weighted by Crippen LogP contribution is -2.47. The Hall–Kier alpha value is -3.31. The summed E-state index contributed by atoms with van der Waals surface area (Å²) in [6.45, 7) is 6.15. The number of benzene rings is 2. The molecule has 202 valence electrons. The maximum atomic E-state index is 13.9. The van der Waals surface area contributed by atoms with E-state index in [0.717, 1.165) is 11.1 Å². The second-order valence-corrected chi connectivity index (χ2v) is 11.0. The topological polar surface area (TPSA) is 105 Å². The molecule has 1 fully saturated rings. The van der Waals surface area contributed by atoms with E-state index in [0.29, 0.717) is 31.9 Å². The molecular formula is C28H33N3O6S. The number of amides is 1. The molecule has 2 aliphatic rings. The second-order valence-electron chi connectivity index (χ2n) is 9.10. The zero-order valence-corrected chi connectivity index (χ0v) is 22.4. The smallest absolute Gasteiger partial charge is 0.332 e. The second kappa shape index (κ2) is 12.5. The monoisotopic (exact) mass is 539 g/mol. The van der Waals surface area contributed by atoms with Crippen molar-refractivity contribution in [3.05, 3.63) is 83.6 Å². The van der Waals surface area contributed by atoms with Crippen molar-refractivity contribution < 1.29 is 27.5 Å². The van der Waals surface area contributed by atoms with Gasteiger partial charge in [0.15, 0.2) is 0 Å². The number of esters is 1. The summed E-state index contributed by atoms with van der Waals surface area (Å²) >= 11 is 0. The van der Waals surface area contributed by atoms with E-state index in [9.17, 15) is 18.0 Å². The SMILES string of the molecule is CCOC(=O)/C=C(\NC(=O)CN1CCOCC1)C1C(c2ccccc2)=CCN1S(=O)(=O)c1ccc(C)cc1. The zero-order valence-electron chi connectivity index (χ0n) is 21.6. The van der Waals surface area contributed by atoms with Gasteiger partial charge in [0.2, 0.25) is 15.9 Å².